The van der Waals surface area contributed by atoms with Gasteiger partial charge in [-0.05, 0) is 63.3 Å². The van der Waals surface area contributed by atoms with E-state index in [1.54, 1.807) is 17.0 Å². The highest BCUT2D eigenvalue weighted by Gasteiger charge is 2.22. The van der Waals surface area contributed by atoms with Crippen LogP contribution in [0.15, 0.2) is 36.4 Å². The maximum absolute atomic E-state index is 13.6. The molecule has 144 valence electrons. The smallest absolute Gasteiger partial charge is 0.260 e. The lowest BCUT2D eigenvalue weighted by molar-refractivity contribution is 0.0984. The zero-order valence-corrected chi connectivity index (χ0v) is 17.5. The summed E-state index contributed by atoms with van der Waals surface area (Å²) in [6.07, 6.45) is 0. The number of thiazole rings is 1. The number of rotatable bonds is 5. The third kappa shape index (κ3) is 4.64. The predicted molar refractivity (Wildman–Crippen MR) is 113 cm³/mol. The van der Waals surface area contributed by atoms with Crippen molar-refractivity contribution in [3.63, 3.8) is 0 Å². The van der Waals surface area contributed by atoms with Crippen LogP contribution in [0.3, 0.4) is 0 Å². The second kappa shape index (κ2) is 8.78. The minimum absolute atomic E-state index is 0. The normalized spacial score (nSPS) is 10.9. The summed E-state index contributed by atoms with van der Waals surface area (Å²) < 4.78 is 14.6. The molecule has 0 fully saturated rings. The number of carbonyl (C=O) groups excluding carboxylic acids is 1. The van der Waals surface area contributed by atoms with Crippen LogP contribution in [-0.2, 0) is 0 Å². The van der Waals surface area contributed by atoms with Crippen LogP contribution in [0.5, 0.6) is 0 Å². The van der Waals surface area contributed by atoms with Gasteiger partial charge >= 0.3 is 0 Å². The quantitative estimate of drug-likeness (QED) is 0.616. The highest BCUT2D eigenvalue weighted by Crippen LogP contribution is 2.32. The molecule has 2 aromatic carbocycles. The topological polar surface area (TPSA) is 36.4 Å². The molecule has 1 amide bonds. The first-order chi connectivity index (χ1) is 12.4. The van der Waals surface area contributed by atoms with E-state index in [1.165, 1.54) is 29.0 Å². The number of halogens is 2. The molecule has 0 aliphatic carbocycles. The van der Waals surface area contributed by atoms with Gasteiger partial charge in [0.15, 0.2) is 5.13 Å². The van der Waals surface area contributed by atoms with Crippen molar-refractivity contribution >= 4 is 45.0 Å². The van der Waals surface area contributed by atoms with Gasteiger partial charge in [-0.2, -0.15) is 0 Å². The van der Waals surface area contributed by atoms with Gasteiger partial charge in [-0.25, -0.2) is 9.37 Å². The molecule has 0 aliphatic rings. The largest absolute Gasteiger partial charge is 0.308 e. The standard InChI is InChI=1S/C20H22FN3OS.ClH/c1-13-8-9-17-18(14(13)2)22-20(26-17)24(11-10-23(3)4)19(25)15-6-5-7-16(21)12-15;/h5-9,12H,10-11H2,1-4H3;1H. The van der Waals surface area contributed by atoms with Crippen LogP contribution >= 0.6 is 23.7 Å². The van der Waals surface area contributed by atoms with E-state index in [4.69, 9.17) is 4.98 Å². The third-order valence-corrected chi connectivity index (χ3v) is 5.44. The molecule has 3 aromatic rings. The number of aryl methyl sites for hydroxylation is 2. The van der Waals surface area contributed by atoms with Gasteiger partial charge in [-0.15, -0.1) is 12.4 Å². The molecule has 0 spiro atoms. The van der Waals surface area contributed by atoms with Crippen molar-refractivity contribution in [1.82, 2.24) is 9.88 Å². The van der Waals surface area contributed by atoms with E-state index in [9.17, 15) is 9.18 Å². The second-order valence-corrected chi connectivity index (χ2v) is 7.63. The number of hydrogen-bond donors (Lipinski definition) is 0. The van der Waals surface area contributed by atoms with Crippen LogP contribution in [0.4, 0.5) is 9.52 Å². The summed E-state index contributed by atoms with van der Waals surface area (Å²) in [5.74, 6) is -0.654. The number of carbonyl (C=O) groups is 1. The first kappa shape index (κ1) is 21.3. The number of benzene rings is 2. The van der Waals surface area contributed by atoms with Gasteiger partial charge in [0.2, 0.25) is 0 Å². The van der Waals surface area contributed by atoms with Crippen LogP contribution < -0.4 is 4.90 Å². The van der Waals surface area contributed by atoms with Crippen LogP contribution in [-0.4, -0.2) is 43.0 Å². The third-order valence-electron chi connectivity index (χ3n) is 4.39. The van der Waals surface area contributed by atoms with E-state index in [1.807, 2.05) is 32.0 Å². The SMILES string of the molecule is Cc1ccc2sc(N(CCN(C)C)C(=O)c3cccc(F)c3)nc2c1C.Cl. The van der Waals surface area contributed by atoms with Gasteiger partial charge < -0.3 is 4.90 Å². The molecule has 3 rings (SSSR count). The van der Waals surface area contributed by atoms with Crippen LogP contribution in [0, 0.1) is 19.7 Å². The Kier molecular flexibility index (Phi) is 6.92. The van der Waals surface area contributed by atoms with Crippen molar-refractivity contribution in [3.05, 3.63) is 58.9 Å². The number of hydrogen-bond acceptors (Lipinski definition) is 4. The second-order valence-electron chi connectivity index (χ2n) is 6.62. The molecule has 7 heteroatoms. The Bertz CT molecular complexity index is 958. The lowest BCUT2D eigenvalue weighted by Gasteiger charge is -2.22. The molecular formula is C20H23ClFN3OS. The predicted octanol–water partition coefficient (Wildman–Crippen LogP) is 4.68. The Morgan fingerprint density at radius 1 is 1.15 bits per heavy atom. The van der Waals surface area contributed by atoms with Crippen molar-refractivity contribution < 1.29 is 9.18 Å². The summed E-state index contributed by atoms with van der Waals surface area (Å²) in [5.41, 5.74) is 3.55. The molecule has 4 nitrogen and oxygen atoms in total. The zero-order valence-electron chi connectivity index (χ0n) is 15.8. The van der Waals surface area contributed by atoms with Gasteiger partial charge in [-0.3, -0.25) is 9.69 Å². The molecule has 0 saturated carbocycles. The number of likely N-dealkylation sites (N-methyl/N-ethyl adjacent to an activating group) is 1. The molecule has 1 aromatic heterocycles. The first-order valence-corrected chi connectivity index (χ1v) is 9.27. The van der Waals surface area contributed by atoms with Gasteiger partial charge in [0.1, 0.15) is 5.82 Å². The highest BCUT2D eigenvalue weighted by molar-refractivity contribution is 7.22. The molecule has 0 saturated heterocycles. The Balaban J connectivity index is 0.00000261. The van der Waals surface area contributed by atoms with E-state index in [0.29, 0.717) is 23.8 Å². The van der Waals surface area contributed by atoms with Crippen molar-refractivity contribution in [2.75, 3.05) is 32.1 Å². The maximum atomic E-state index is 13.6. The molecule has 0 N–H and O–H groups in total. The fourth-order valence-corrected chi connectivity index (χ4v) is 3.74. The summed E-state index contributed by atoms with van der Waals surface area (Å²) in [4.78, 5) is 21.4. The van der Waals surface area contributed by atoms with Crippen LogP contribution in [0.25, 0.3) is 10.2 Å². The minimum Gasteiger partial charge on any atom is -0.308 e. The number of fused-ring (bicyclic) bond motifs is 1. The van der Waals surface area contributed by atoms with Gasteiger partial charge in [0.05, 0.1) is 10.2 Å². The van der Waals surface area contributed by atoms with Crippen molar-refractivity contribution in [1.29, 1.82) is 0 Å². The average molecular weight is 408 g/mol. The monoisotopic (exact) mass is 407 g/mol. The van der Waals surface area contributed by atoms with E-state index < -0.39 is 5.82 Å². The van der Waals surface area contributed by atoms with Gasteiger partial charge in [-0.1, -0.05) is 23.5 Å². The molecular weight excluding hydrogens is 385 g/mol. The van der Waals surface area contributed by atoms with Crippen molar-refractivity contribution in [2.24, 2.45) is 0 Å². The number of amides is 1. The Morgan fingerprint density at radius 3 is 2.56 bits per heavy atom. The fraction of sp³-hybridized carbons (Fsp3) is 0.300. The number of anilines is 1. The molecule has 0 radical (unpaired) electrons. The van der Waals surface area contributed by atoms with Crippen LogP contribution in [0.2, 0.25) is 0 Å². The minimum atomic E-state index is -0.417. The molecule has 0 aliphatic heterocycles. The summed E-state index contributed by atoms with van der Waals surface area (Å²) in [6.45, 7) is 5.27. The van der Waals surface area contributed by atoms with Crippen molar-refractivity contribution in [2.45, 2.75) is 13.8 Å². The lowest BCUT2D eigenvalue weighted by Crippen LogP contribution is -2.36. The molecule has 1 heterocycles. The Hall–Kier alpha value is -2.02. The molecule has 0 unspecified atom stereocenters. The van der Waals surface area contributed by atoms with Crippen LogP contribution in [0.1, 0.15) is 21.5 Å². The molecule has 27 heavy (non-hydrogen) atoms. The van der Waals surface area contributed by atoms with E-state index in [2.05, 4.69) is 13.0 Å². The number of nitrogens with zero attached hydrogens (tertiary/aromatic N) is 3. The van der Waals surface area contributed by atoms with Gasteiger partial charge in [0.25, 0.3) is 5.91 Å². The molecule has 0 bridgehead atoms. The average Bonchev–Trinajstić information content (AvgIpc) is 3.02. The van der Waals surface area contributed by atoms with E-state index in [0.717, 1.165) is 15.8 Å². The summed E-state index contributed by atoms with van der Waals surface area (Å²) in [6, 6.07) is 9.90. The molecule has 0 atom stereocenters. The summed E-state index contributed by atoms with van der Waals surface area (Å²) in [7, 11) is 3.91. The Morgan fingerprint density at radius 2 is 1.89 bits per heavy atom. The van der Waals surface area contributed by atoms with Gasteiger partial charge in [0, 0.05) is 18.7 Å². The highest BCUT2D eigenvalue weighted by atomic mass is 35.5. The van der Waals surface area contributed by atoms with E-state index >= 15 is 0 Å². The Labute approximate surface area is 169 Å². The van der Waals surface area contributed by atoms with E-state index in [-0.39, 0.29) is 18.3 Å². The van der Waals surface area contributed by atoms with Crippen molar-refractivity contribution in [3.8, 4) is 0 Å². The zero-order chi connectivity index (χ0) is 18.8. The maximum Gasteiger partial charge on any atom is 0.260 e. The number of aromatic nitrogens is 1. The first-order valence-electron chi connectivity index (χ1n) is 8.45. The lowest BCUT2D eigenvalue weighted by atomic mass is 10.1. The summed E-state index contributed by atoms with van der Waals surface area (Å²) >= 11 is 1.49. The summed E-state index contributed by atoms with van der Waals surface area (Å²) in [5, 5.41) is 0.643. The fourth-order valence-electron chi connectivity index (χ4n) is 2.69.